The number of furan rings is 1. The van der Waals surface area contributed by atoms with Crippen LogP contribution in [-0.4, -0.2) is 23.1 Å². The van der Waals surface area contributed by atoms with Crippen LogP contribution in [0.4, 0.5) is 4.39 Å². The van der Waals surface area contributed by atoms with Gasteiger partial charge < -0.3 is 19.0 Å². The SMILES string of the molecule is CCc1noc(CC)c1-c1cc2oc(-c3ccc(F)cc3)c(C(=O)NC)c2cc1OCc1nccs1. The fraction of sp³-hybridized carbons (Fsp3) is 0.222. The third-order valence-corrected chi connectivity index (χ3v) is 6.70. The number of amides is 1. The van der Waals surface area contributed by atoms with Crippen LogP contribution in [0.5, 0.6) is 5.75 Å². The molecule has 0 aliphatic carbocycles. The van der Waals surface area contributed by atoms with E-state index in [-0.39, 0.29) is 18.3 Å². The minimum atomic E-state index is -0.372. The van der Waals surface area contributed by atoms with Crippen molar-refractivity contribution in [3.63, 3.8) is 0 Å². The first-order valence-electron chi connectivity index (χ1n) is 11.6. The molecule has 5 rings (SSSR count). The van der Waals surface area contributed by atoms with Crippen LogP contribution in [0.25, 0.3) is 33.4 Å². The van der Waals surface area contributed by atoms with Crippen LogP contribution >= 0.6 is 11.3 Å². The normalized spacial score (nSPS) is 11.2. The Morgan fingerprint density at radius 3 is 2.64 bits per heavy atom. The lowest BCUT2D eigenvalue weighted by Gasteiger charge is -2.12. The number of benzene rings is 2. The molecule has 184 valence electrons. The second-order valence-electron chi connectivity index (χ2n) is 8.09. The molecule has 0 fully saturated rings. The first-order valence-corrected chi connectivity index (χ1v) is 12.5. The summed E-state index contributed by atoms with van der Waals surface area (Å²) in [6.07, 6.45) is 3.05. The number of nitrogens with zero attached hydrogens (tertiary/aromatic N) is 2. The van der Waals surface area contributed by atoms with E-state index in [0.29, 0.717) is 46.4 Å². The molecule has 2 aromatic carbocycles. The summed E-state index contributed by atoms with van der Waals surface area (Å²) in [7, 11) is 1.56. The Morgan fingerprint density at radius 1 is 1.17 bits per heavy atom. The van der Waals surface area contributed by atoms with Gasteiger partial charge in [0.05, 0.1) is 16.8 Å². The van der Waals surface area contributed by atoms with Crippen LogP contribution in [0, 0.1) is 5.82 Å². The van der Waals surface area contributed by atoms with Gasteiger partial charge in [-0.05, 0) is 42.8 Å². The smallest absolute Gasteiger partial charge is 0.255 e. The summed E-state index contributed by atoms with van der Waals surface area (Å²) >= 11 is 1.50. The van der Waals surface area contributed by atoms with Gasteiger partial charge in [0.25, 0.3) is 5.91 Å². The van der Waals surface area contributed by atoms with Crippen LogP contribution in [0.2, 0.25) is 0 Å². The summed E-state index contributed by atoms with van der Waals surface area (Å²) in [5, 5.41) is 10.2. The minimum absolute atomic E-state index is 0.266. The van der Waals surface area contributed by atoms with E-state index in [0.717, 1.165) is 27.6 Å². The lowest BCUT2D eigenvalue weighted by atomic mass is 9.97. The van der Waals surface area contributed by atoms with Gasteiger partial charge >= 0.3 is 0 Å². The molecule has 1 N–H and O–H groups in total. The molecule has 7 nitrogen and oxygen atoms in total. The van der Waals surface area contributed by atoms with E-state index in [4.69, 9.17) is 13.7 Å². The van der Waals surface area contributed by atoms with Crippen molar-refractivity contribution >= 4 is 28.2 Å². The molecule has 0 unspecified atom stereocenters. The summed E-state index contributed by atoms with van der Waals surface area (Å²) in [4.78, 5) is 17.3. The first kappa shape index (κ1) is 23.7. The number of nitrogens with one attached hydrogen (secondary N) is 1. The summed E-state index contributed by atoms with van der Waals surface area (Å²) in [6.45, 7) is 4.28. The maximum absolute atomic E-state index is 13.6. The summed E-state index contributed by atoms with van der Waals surface area (Å²) < 4.78 is 31.7. The monoisotopic (exact) mass is 505 g/mol. The molecule has 1 amide bonds. The van der Waals surface area contributed by atoms with E-state index in [1.165, 1.54) is 23.5 Å². The van der Waals surface area contributed by atoms with Crippen LogP contribution in [0.15, 0.2) is 56.9 Å². The van der Waals surface area contributed by atoms with Crippen molar-refractivity contribution < 1.29 is 22.9 Å². The van der Waals surface area contributed by atoms with Crippen molar-refractivity contribution in [1.29, 1.82) is 0 Å². The molecule has 0 saturated heterocycles. The fourth-order valence-electron chi connectivity index (χ4n) is 4.21. The average Bonchev–Trinajstić information content (AvgIpc) is 3.64. The molecule has 0 saturated carbocycles. The van der Waals surface area contributed by atoms with E-state index in [1.807, 2.05) is 31.4 Å². The van der Waals surface area contributed by atoms with Gasteiger partial charge in [-0.3, -0.25) is 4.79 Å². The largest absolute Gasteiger partial charge is 0.486 e. The van der Waals surface area contributed by atoms with Gasteiger partial charge in [0.15, 0.2) is 0 Å². The van der Waals surface area contributed by atoms with Gasteiger partial charge in [0.2, 0.25) is 0 Å². The molecular weight excluding hydrogens is 481 g/mol. The predicted molar refractivity (Wildman–Crippen MR) is 136 cm³/mol. The molecule has 3 aromatic heterocycles. The maximum atomic E-state index is 13.6. The molecule has 3 heterocycles. The zero-order valence-corrected chi connectivity index (χ0v) is 20.9. The topological polar surface area (TPSA) is 90.4 Å². The van der Waals surface area contributed by atoms with E-state index in [2.05, 4.69) is 15.5 Å². The molecule has 0 aliphatic heterocycles. The molecule has 0 bridgehead atoms. The third kappa shape index (κ3) is 4.26. The van der Waals surface area contributed by atoms with Crippen molar-refractivity contribution in [2.45, 2.75) is 33.3 Å². The highest BCUT2D eigenvalue weighted by Crippen LogP contribution is 2.43. The Balaban J connectivity index is 1.76. The summed E-state index contributed by atoms with van der Waals surface area (Å²) in [5.41, 5.74) is 3.86. The summed E-state index contributed by atoms with van der Waals surface area (Å²) in [5.74, 6) is 0.955. The van der Waals surface area contributed by atoms with Crippen LogP contribution in [0.3, 0.4) is 0 Å². The zero-order chi connectivity index (χ0) is 25.2. The van der Waals surface area contributed by atoms with Crippen LogP contribution in [0.1, 0.15) is 40.7 Å². The van der Waals surface area contributed by atoms with Crippen LogP contribution < -0.4 is 10.1 Å². The molecule has 0 radical (unpaired) electrons. The van der Waals surface area contributed by atoms with Gasteiger partial charge in [-0.2, -0.15) is 0 Å². The van der Waals surface area contributed by atoms with E-state index in [9.17, 15) is 9.18 Å². The number of hydrogen-bond donors (Lipinski definition) is 1. The molecule has 0 atom stereocenters. The highest BCUT2D eigenvalue weighted by Gasteiger charge is 2.26. The number of hydrogen-bond acceptors (Lipinski definition) is 7. The quantitative estimate of drug-likeness (QED) is 0.262. The Bertz CT molecular complexity index is 1500. The number of thiazole rings is 1. The van der Waals surface area contributed by atoms with Gasteiger partial charge in [0.1, 0.15) is 40.3 Å². The minimum Gasteiger partial charge on any atom is -0.486 e. The van der Waals surface area contributed by atoms with Crippen molar-refractivity contribution in [1.82, 2.24) is 15.5 Å². The van der Waals surface area contributed by atoms with E-state index < -0.39 is 0 Å². The van der Waals surface area contributed by atoms with Crippen molar-refractivity contribution in [2.24, 2.45) is 0 Å². The standard InChI is InChI=1S/C27H24FN3O4S/c1-4-19-24(20(5-2)35-31-19)17-13-22-18(12-21(17)33-14-23-30-10-11-36-23)25(27(32)29-3)26(34-22)15-6-8-16(28)9-7-15/h6-13H,4-5,14H2,1-3H3,(H,29,32). The molecule has 0 aliphatic rings. The Morgan fingerprint density at radius 2 is 1.97 bits per heavy atom. The lowest BCUT2D eigenvalue weighted by molar-refractivity contribution is 0.0964. The van der Waals surface area contributed by atoms with Crippen molar-refractivity contribution in [3.8, 4) is 28.2 Å². The zero-order valence-electron chi connectivity index (χ0n) is 20.1. The molecule has 5 aromatic rings. The van der Waals surface area contributed by atoms with Gasteiger partial charge in [0, 0.05) is 41.6 Å². The Kier molecular flexibility index (Phi) is 6.56. The van der Waals surface area contributed by atoms with Gasteiger partial charge in [-0.15, -0.1) is 11.3 Å². The second kappa shape index (κ2) is 9.94. The fourth-order valence-corrected chi connectivity index (χ4v) is 4.73. The third-order valence-electron chi connectivity index (χ3n) is 5.94. The van der Waals surface area contributed by atoms with Crippen LogP contribution in [-0.2, 0) is 19.4 Å². The number of aryl methyl sites for hydroxylation is 2. The average molecular weight is 506 g/mol. The molecule has 36 heavy (non-hydrogen) atoms. The van der Waals surface area contributed by atoms with Gasteiger partial charge in [-0.25, -0.2) is 9.37 Å². The van der Waals surface area contributed by atoms with Gasteiger partial charge in [-0.1, -0.05) is 19.0 Å². The lowest BCUT2D eigenvalue weighted by Crippen LogP contribution is -2.18. The highest BCUT2D eigenvalue weighted by atomic mass is 32.1. The predicted octanol–water partition coefficient (Wildman–Crippen LogP) is 6.41. The summed E-state index contributed by atoms with van der Waals surface area (Å²) in [6, 6.07) is 9.52. The van der Waals surface area contributed by atoms with E-state index >= 15 is 0 Å². The van der Waals surface area contributed by atoms with Crippen molar-refractivity contribution in [3.05, 3.63) is 75.8 Å². The van der Waals surface area contributed by atoms with E-state index in [1.54, 1.807) is 25.4 Å². The molecule has 9 heteroatoms. The Labute approximate surface area is 210 Å². The van der Waals surface area contributed by atoms with Crippen molar-refractivity contribution in [2.75, 3.05) is 7.05 Å². The first-order chi connectivity index (χ1) is 17.5. The molecule has 0 spiro atoms. The number of carbonyl (C=O) groups is 1. The number of fused-ring (bicyclic) bond motifs is 1. The number of carbonyl (C=O) groups excluding carboxylic acids is 1. The Hall–Kier alpha value is -3.98. The number of halogens is 1. The number of aromatic nitrogens is 2. The number of rotatable bonds is 8. The number of ether oxygens (including phenoxy) is 1. The second-order valence-corrected chi connectivity index (χ2v) is 9.06. The maximum Gasteiger partial charge on any atom is 0.255 e. The highest BCUT2D eigenvalue weighted by molar-refractivity contribution is 7.09. The molecular formula is C27H24FN3O4S.